The van der Waals surface area contributed by atoms with E-state index in [1.807, 2.05) is 32.0 Å². The summed E-state index contributed by atoms with van der Waals surface area (Å²) in [6, 6.07) is 11.7. The van der Waals surface area contributed by atoms with Crippen LogP contribution in [0.15, 0.2) is 42.5 Å². The van der Waals surface area contributed by atoms with Crippen molar-refractivity contribution >= 4 is 33.2 Å². The second kappa shape index (κ2) is 7.99. The Morgan fingerprint density at radius 1 is 1.08 bits per heavy atom. The zero-order chi connectivity index (χ0) is 18.6. The molecular weight excluding hydrogens is 360 g/mol. The third kappa shape index (κ3) is 6.16. The van der Waals surface area contributed by atoms with Crippen molar-refractivity contribution in [3.05, 3.63) is 64.2 Å². The van der Waals surface area contributed by atoms with Crippen molar-refractivity contribution in [3.8, 4) is 0 Å². The average molecular weight is 381 g/mol. The van der Waals surface area contributed by atoms with Crippen molar-refractivity contribution in [2.45, 2.75) is 26.3 Å². The summed E-state index contributed by atoms with van der Waals surface area (Å²) >= 11 is 5.87. The Labute approximate surface area is 153 Å². The summed E-state index contributed by atoms with van der Waals surface area (Å²) in [6.45, 7) is 3.96. The van der Waals surface area contributed by atoms with Crippen LogP contribution in [0.25, 0.3) is 0 Å². The van der Waals surface area contributed by atoms with E-state index in [1.54, 1.807) is 24.3 Å². The number of hydrogen-bond donors (Lipinski definition) is 2. The molecule has 25 heavy (non-hydrogen) atoms. The van der Waals surface area contributed by atoms with E-state index in [9.17, 15) is 13.2 Å². The summed E-state index contributed by atoms with van der Waals surface area (Å²) in [5.74, 6) is -0.278. The summed E-state index contributed by atoms with van der Waals surface area (Å²) < 4.78 is 25.8. The first-order valence-electron chi connectivity index (χ1n) is 7.74. The molecule has 0 aromatic heterocycles. The summed E-state index contributed by atoms with van der Waals surface area (Å²) in [4.78, 5) is 12.4. The van der Waals surface area contributed by atoms with Crippen LogP contribution in [0.2, 0.25) is 5.02 Å². The summed E-state index contributed by atoms with van der Waals surface area (Å²) in [5, 5.41) is 3.35. The molecule has 0 bridgehead atoms. The molecule has 0 saturated heterocycles. The Balaban J connectivity index is 2.16. The van der Waals surface area contributed by atoms with Gasteiger partial charge in [0.05, 0.1) is 12.3 Å². The van der Waals surface area contributed by atoms with Gasteiger partial charge in [-0.15, -0.1) is 0 Å². The summed E-state index contributed by atoms with van der Waals surface area (Å²) in [7, 11) is -3.48. The molecule has 0 saturated carbocycles. The fourth-order valence-electron chi connectivity index (χ4n) is 2.40. The van der Waals surface area contributed by atoms with Gasteiger partial charge in [-0.2, -0.15) is 0 Å². The van der Waals surface area contributed by atoms with Gasteiger partial charge >= 0.3 is 0 Å². The van der Waals surface area contributed by atoms with Crippen molar-refractivity contribution in [1.82, 2.24) is 4.72 Å². The van der Waals surface area contributed by atoms with Crippen molar-refractivity contribution < 1.29 is 13.2 Å². The van der Waals surface area contributed by atoms with Crippen LogP contribution in [0.1, 0.15) is 29.2 Å². The molecule has 0 heterocycles. The summed E-state index contributed by atoms with van der Waals surface area (Å²) in [5.41, 5.74) is 3.56. The first-order chi connectivity index (χ1) is 11.6. The molecule has 2 rings (SSSR count). The molecule has 2 aromatic carbocycles. The number of halogens is 1. The SMILES string of the molecule is Cc1ccc(NC(=O)CC(NS(C)(=O)=O)c2ccc(Cl)cc2)cc1C. The van der Waals surface area contributed by atoms with Crippen LogP contribution in [-0.2, 0) is 14.8 Å². The van der Waals surface area contributed by atoms with Crippen molar-refractivity contribution in [3.63, 3.8) is 0 Å². The lowest BCUT2D eigenvalue weighted by atomic mass is 10.0. The number of rotatable bonds is 6. The van der Waals surface area contributed by atoms with Crippen molar-refractivity contribution in [1.29, 1.82) is 0 Å². The number of amides is 1. The quantitative estimate of drug-likeness (QED) is 0.804. The van der Waals surface area contributed by atoms with E-state index in [0.717, 1.165) is 17.4 Å². The second-order valence-corrected chi connectivity index (χ2v) is 8.26. The Bertz CT molecular complexity index is 864. The van der Waals surface area contributed by atoms with Crippen LogP contribution >= 0.6 is 11.6 Å². The Kier molecular flexibility index (Phi) is 6.21. The first-order valence-corrected chi connectivity index (χ1v) is 10.0. The molecule has 0 spiro atoms. The zero-order valence-electron chi connectivity index (χ0n) is 14.3. The standard InChI is InChI=1S/C18H21ClN2O3S/c1-12-4-9-16(10-13(12)2)20-18(22)11-17(21-25(3,23)24)14-5-7-15(19)8-6-14/h4-10,17,21H,11H2,1-3H3,(H,20,22). The molecule has 0 aliphatic rings. The molecule has 0 aliphatic heterocycles. The van der Waals surface area contributed by atoms with E-state index >= 15 is 0 Å². The Morgan fingerprint density at radius 2 is 1.72 bits per heavy atom. The number of carbonyl (C=O) groups is 1. The van der Waals surface area contributed by atoms with Gasteiger partial charge in [0.1, 0.15) is 0 Å². The monoisotopic (exact) mass is 380 g/mol. The van der Waals surface area contributed by atoms with Gasteiger partial charge in [-0.25, -0.2) is 13.1 Å². The van der Waals surface area contributed by atoms with Gasteiger partial charge in [0.25, 0.3) is 0 Å². The van der Waals surface area contributed by atoms with Crippen LogP contribution in [0, 0.1) is 13.8 Å². The zero-order valence-corrected chi connectivity index (χ0v) is 15.9. The topological polar surface area (TPSA) is 75.3 Å². The smallest absolute Gasteiger partial charge is 0.226 e. The summed E-state index contributed by atoms with van der Waals surface area (Å²) in [6.07, 6.45) is 1.04. The molecule has 2 N–H and O–H groups in total. The molecular formula is C18H21ClN2O3S. The van der Waals surface area contributed by atoms with Crippen molar-refractivity contribution in [2.24, 2.45) is 0 Å². The number of aryl methyl sites for hydroxylation is 2. The highest BCUT2D eigenvalue weighted by molar-refractivity contribution is 7.88. The average Bonchev–Trinajstić information content (AvgIpc) is 2.49. The maximum absolute atomic E-state index is 12.4. The number of nitrogens with one attached hydrogen (secondary N) is 2. The fourth-order valence-corrected chi connectivity index (χ4v) is 3.26. The minimum absolute atomic E-state index is 0.0262. The van der Waals surface area contributed by atoms with Gasteiger partial charge in [0, 0.05) is 17.1 Å². The highest BCUT2D eigenvalue weighted by Gasteiger charge is 2.20. The van der Waals surface area contributed by atoms with Crippen LogP contribution in [-0.4, -0.2) is 20.6 Å². The van der Waals surface area contributed by atoms with Crippen molar-refractivity contribution in [2.75, 3.05) is 11.6 Å². The number of hydrogen-bond acceptors (Lipinski definition) is 3. The molecule has 2 aromatic rings. The van der Waals surface area contributed by atoms with Gasteiger partial charge < -0.3 is 5.32 Å². The predicted octanol–water partition coefficient (Wildman–Crippen LogP) is 3.58. The maximum atomic E-state index is 12.4. The van der Waals surface area contributed by atoms with Gasteiger partial charge in [0.15, 0.2) is 0 Å². The van der Waals surface area contributed by atoms with Gasteiger partial charge in [-0.3, -0.25) is 4.79 Å². The Hall–Kier alpha value is -1.89. The number of benzene rings is 2. The van der Waals surface area contributed by atoms with E-state index in [1.165, 1.54) is 0 Å². The molecule has 134 valence electrons. The third-order valence-electron chi connectivity index (χ3n) is 3.81. The van der Waals surface area contributed by atoms with Crippen LogP contribution in [0.4, 0.5) is 5.69 Å². The molecule has 5 nitrogen and oxygen atoms in total. The number of sulfonamides is 1. The van der Waals surface area contributed by atoms with Crippen LogP contribution < -0.4 is 10.0 Å². The minimum atomic E-state index is -3.48. The van der Waals surface area contributed by atoms with E-state index < -0.39 is 16.1 Å². The molecule has 0 fully saturated rings. The molecule has 0 aliphatic carbocycles. The molecule has 1 unspecified atom stereocenters. The predicted molar refractivity (Wildman–Crippen MR) is 101 cm³/mol. The van der Waals surface area contributed by atoms with E-state index in [4.69, 9.17) is 11.6 Å². The molecule has 0 radical (unpaired) electrons. The van der Waals surface area contributed by atoms with Crippen LogP contribution in [0.3, 0.4) is 0 Å². The highest BCUT2D eigenvalue weighted by atomic mass is 35.5. The molecule has 1 atom stereocenters. The largest absolute Gasteiger partial charge is 0.326 e. The number of carbonyl (C=O) groups excluding carboxylic acids is 1. The lowest BCUT2D eigenvalue weighted by molar-refractivity contribution is -0.116. The normalized spacial score (nSPS) is 12.6. The van der Waals surface area contributed by atoms with Gasteiger partial charge in [-0.05, 0) is 54.8 Å². The lowest BCUT2D eigenvalue weighted by Gasteiger charge is -2.18. The second-order valence-electron chi connectivity index (χ2n) is 6.05. The van der Waals surface area contributed by atoms with Crippen LogP contribution in [0.5, 0.6) is 0 Å². The maximum Gasteiger partial charge on any atom is 0.226 e. The third-order valence-corrected chi connectivity index (χ3v) is 4.77. The highest BCUT2D eigenvalue weighted by Crippen LogP contribution is 2.21. The van der Waals surface area contributed by atoms with E-state index in [2.05, 4.69) is 10.0 Å². The van der Waals surface area contributed by atoms with Gasteiger partial charge in [-0.1, -0.05) is 29.8 Å². The van der Waals surface area contributed by atoms with Gasteiger partial charge in [0.2, 0.25) is 15.9 Å². The number of anilines is 1. The lowest BCUT2D eigenvalue weighted by Crippen LogP contribution is -2.30. The fraction of sp³-hybridized carbons (Fsp3) is 0.278. The first kappa shape index (κ1) is 19.4. The molecule has 7 heteroatoms. The van der Waals surface area contributed by atoms with E-state index in [-0.39, 0.29) is 12.3 Å². The van der Waals surface area contributed by atoms with E-state index in [0.29, 0.717) is 16.3 Å². The molecule has 1 amide bonds. The Morgan fingerprint density at radius 3 is 2.28 bits per heavy atom. The minimum Gasteiger partial charge on any atom is -0.326 e.